The average molecular weight is 381 g/mol. The fourth-order valence-electron chi connectivity index (χ4n) is 2.50. The van der Waals surface area contributed by atoms with Gasteiger partial charge in [0.15, 0.2) is 11.5 Å². The fourth-order valence-corrected chi connectivity index (χ4v) is 2.72. The molecule has 2 aromatic carbocycles. The lowest BCUT2D eigenvalue weighted by atomic mass is 10.2. The highest BCUT2D eigenvalue weighted by molar-refractivity contribution is 6.31. The van der Waals surface area contributed by atoms with Gasteiger partial charge in [-0.15, -0.1) is 0 Å². The lowest BCUT2D eigenvalue weighted by Gasteiger charge is -2.15. The van der Waals surface area contributed by atoms with Crippen molar-refractivity contribution in [3.05, 3.63) is 58.4 Å². The highest BCUT2D eigenvalue weighted by Gasteiger charge is 2.12. The van der Waals surface area contributed by atoms with Crippen molar-refractivity contribution in [3.63, 3.8) is 0 Å². The molecule has 4 nitrogen and oxygen atoms in total. The molecular weight excluding hydrogens is 355 g/mol. The van der Waals surface area contributed by atoms with Crippen molar-refractivity contribution >= 4 is 11.6 Å². The van der Waals surface area contributed by atoms with E-state index >= 15 is 0 Å². The molecule has 0 aliphatic heterocycles. The predicted octanol–water partition coefficient (Wildman–Crippen LogP) is 4.11. The van der Waals surface area contributed by atoms with Crippen molar-refractivity contribution in [2.75, 3.05) is 34.3 Å². The molecule has 0 radical (unpaired) electrons. The Morgan fingerprint density at radius 3 is 2.58 bits per heavy atom. The second-order valence-corrected chi connectivity index (χ2v) is 6.72. The van der Waals surface area contributed by atoms with Crippen molar-refractivity contribution in [1.29, 1.82) is 0 Å². The van der Waals surface area contributed by atoms with Crippen LogP contribution in [0.25, 0.3) is 0 Å². The largest absolute Gasteiger partial charge is 0.493 e. The first-order valence-electron chi connectivity index (χ1n) is 8.59. The Kier molecular flexibility index (Phi) is 8.16. The van der Waals surface area contributed by atoms with Gasteiger partial charge < -0.3 is 19.7 Å². The zero-order valence-electron chi connectivity index (χ0n) is 15.5. The molecule has 0 unspecified atom stereocenters. The Hall–Kier alpha value is -1.82. The molecule has 0 spiro atoms. The maximum Gasteiger partial charge on any atom is 0.163 e. The third-order valence-corrected chi connectivity index (χ3v) is 4.30. The zero-order valence-corrected chi connectivity index (χ0v) is 16.3. The van der Waals surface area contributed by atoms with Crippen LogP contribution in [-0.4, -0.2) is 39.2 Å². The number of nitrogens with one attached hydrogen (secondary N) is 1. The van der Waals surface area contributed by atoms with Crippen LogP contribution in [0.1, 0.15) is 17.5 Å². The molecule has 1 N–H and O–H groups in total. The minimum Gasteiger partial charge on any atom is -0.493 e. The molecule has 0 saturated heterocycles. The predicted molar refractivity (Wildman–Crippen MR) is 104 cm³/mol. The topological polar surface area (TPSA) is 33.7 Å². The molecule has 0 bridgehead atoms. The number of hydrogen-bond acceptors (Lipinski definition) is 4. The number of halogens is 2. The van der Waals surface area contributed by atoms with Crippen molar-refractivity contribution < 1.29 is 13.9 Å². The van der Waals surface area contributed by atoms with Gasteiger partial charge >= 0.3 is 0 Å². The molecule has 0 heterocycles. The minimum absolute atomic E-state index is 0.113. The fraction of sp³-hybridized carbons (Fsp3) is 0.400. The van der Waals surface area contributed by atoms with Gasteiger partial charge in [0.25, 0.3) is 0 Å². The first-order chi connectivity index (χ1) is 12.5. The van der Waals surface area contributed by atoms with E-state index in [-0.39, 0.29) is 12.4 Å². The van der Waals surface area contributed by atoms with E-state index in [0.29, 0.717) is 28.6 Å². The second kappa shape index (κ2) is 10.4. The van der Waals surface area contributed by atoms with Gasteiger partial charge in [0.2, 0.25) is 0 Å². The van der Waals surface area contributed by atoms with Crippen molar-refractivity contribution in [2.24, 2.45) is 0 Å². The van der Waals surface area contributed by atoms with Gasteiger partial charge in [-0.1, -0.05) is 29.8 Å². The molecule has 0 amide bonds. The lowest BCUT2D eigenvalue weighted by molar-refractivity contribution is 0.279. The molecule has 2 aromatic rings. The summed E-state index contributed by atoms with van der Waals surface area (Å²) in [6.07, 6.45) is 1.06. The summed E-state index contributed by atoms with van der Waals surface area (Å²) in [5, 5.41) is 3.97. The van der Waals surface area contributed by atoms with E-state index in [4.69, 9.17) is 21.1 Å². The summed E-state index contributed by atoms with van der Waals surface area (Å²) in [5.41, 5.74) is 1.42. The van der Waals surface area contributed by atoms with E-state index in [1.165, 1.54) is 6.07 Å². The smallest absolute Gasteiger partial charge is 0.163 e. The molecule has 26 heavy (non-hydrogen) atoms. The van der Waals surface area contributed by atoms with Gasteiger partial charge in [0.1, 0.15) is 12.4 Å². The van der Waals surface area contributed by atoms with Gasteiger partial charge in [0.05, 0.1) is 7.11 Å². The Balaban J connectivity index is 1.98. The zero-order chi connectivity index (χ0) is 18.9. The van der Waals surface area contributed by atoms with Gasteiger partial charge in [-0.3, -0.25) is 0 Å². The van der Waals surface area contributed by atoms with E-state index in [0.717, 1.165) is 25.1 Å². The highest BCUT2D eigenvalue weighted by Crippen LogP contribution is 2.34. The Morgan fingerprint density at radius 1 is 1.12 bits per heavy atom. The van der Waals surface area contributed by atoms with Crippen LogP contribution < -0.4 is 14.8 Å². The van der Waals surface area contributed by atoms with Crippen molar-refractivity contribution in [3.8, 4) is 11.5 Å². The maximum absolute atomic E-state index is 13.7. The summed E-state index contributed by atoms with van der Waals surface area (Å²) in [7, 11) is 5.69. The third-order valence-electron chi connectivity index (χ3n) is 3.95. The summed E-state index contributed by atoms with van der Waals surface area (Å²) in [6.45, 7) is 2.70. The third kappa shape index (κ3) is 6.16. The number of nitrogens with zero attached hydrogens (tertiary/aromatic N) is 1. The van der Waals surface area contributed by atoms with E-state index in [1.54, 1.807) is 31.4 Å². The van der Waals surface area contributed by atoms with Crippen LogP contribution >= 0.6 is 11.6 Å². The molecular formula is C20H26ClFN2O2. The van der Waals surface area contributed by atoms with Crippen LogP contribution in [0, 0.1) is 5.82 Å². The van der Waals surface area contributed by atoms with Crippen LogP contribution in [0.5, 0.6) is 11.5 Å². The number of ether oxygens (including phenoxy) is 2. The van der Waals surface area contributed by atoms with Crippen LogP contribution in [0.15, 0.2) is 36.4 Å². The summed E-state index contributed by atoms with van der Waals surface area (Å²) in [4.78, 5) is 2.15. The van der Waals surface area contributed by atoms with Gasteiger partial charge in [-0.05, 0) is 51.3 Å². The number of rotatable bonds is 10. The summed E-state index contributed by atoms with van der Waals surface area (Å²) in [6, 6.07) is 10.1. The number of benzene rings is 2. The normalized spacial score (nSPS) is 11.0. The molecule has 2 rings (SSSR count). The summed E-state index contributed by atoms with van der Waals surface area (Å²) >= 11 is 6.38. The van der Waals surface area contributed by atoms with Gasteiger partial charge in [-0.2, -0.15) is 0 Å². The SMILES string of the molecule is COc1cc(CNCCCN(C)C)c(Cl)cc1OCc1ccccc1F. The molecule has 0 atom stereocenters. The monoisotopic (exact) mass is 380 g/mol. The molecule has 142 valence electrons. The van der Waals surface area contributed by atoms with Crippen LogP contribution in [-0.2, 0) is 13.2 Å². The number of methoxy groups -OCH3 is 1. The van der Waals surface area contributed by atoms with Gasteiger partial charge in [-0.25, -0.2) is 4.39 Å². The first-order valence-corrected chi connectivity index (χ1v) is 8.97. The Morgan fingerprint density at radius 2 is 1.88 bits per heavy atom. The minimum atomic E-state index is -0.295. The average Bonchev–Trinajstić information content (AvgIpc) is 2.61. The second-order valence-electron chi connectivity index (χ2n) is 6.31. The van der Waals surface area contributed by atoms with Crippen LogP contribution in [0.3, 0.4) is 0 Å². The van der Waals surface area contributed by atoms with Crippen molar-refractivity contribution in [2.45, 2.75) is 19.6 Å². The lowest BCUT2D eigenvalue weighted by Crippen LogP contribution is -2.21. The summed E-state index contributed by atoms with van der Waals surface area (Å²) in [5.74, 6) is 0.782. The molecule has 0 aliphatic carbocycles. The van der Waals surface area contributed by atoms with E-state index < -0.39 is 0 Å². The molecule has 0 aliphatic rings. The Bertz CT molecular complexity index is 710. The number of hydrogen-bond donors (Lipinski definition) is 1. The molecule has 0 fully saturated rings. The maximum atomic E-state index is 13.7. The van der Waals surface area contributed by atoms with E-state index in [9.17, 15) is 4.39 Å². The Labute approximate surface area is 159 Å². The standard InChI is InChI=1S/C20H26ClFN2O2/c1-24(2)10-6-9-23-13-16-11-19(25-3)20(12-17(16)21)26-14-15-7-4-5-8-18(15)22/h4-5,7-8,11-12,23H,6,9-10,13-14H2,1-3H3. The van der Waals surface area contributed by atoms with E-state index in [1.807, 2.05) is 6.07 Å². The highest BCUT2D eigenvalue weighted by atomic mass is 35.5. The summed E-state index contributed by atoms with van der Waals surface area (Å²) < 4.78 is 24.9. The van der Waals surface area contributed by atoms with Crippen LogP contribution in [0.2, 0.25) is 5.02 Å². The van der Waals surface area contributed by atoms with Crippen LogP contribution in [0.4, 0.5) is 4.39 Å². The quantitative estimate of drug-likeness (QED) is 0.629. The molecule has 0 aromatic heterocycles. The van der Waals surface area contributed by atoms with E-state index in [2.05, 4.69) is 24.3 Å². The molecule has 6 heteroatoms. The van der Waals surface area contributed by atoms with Gasteiger partial charge in [0, 0.05) is 23.2 Å². The first kappa shape index (κ1) is 20.5. The van der Waals surface area contributed by atoms with Crippen molar-refractivity contribution in [1.82, 2.24) is 10.2 Å². The molecule has 0 saturated carbocycles.